The second kappa shape index (κ2) is 7.05. The molecule has 0 spiro atoms. The number of unbranched alkanes of at least 4 members (excludes halogenated alkanes) is 1. The van der Waals surface area contributed by atoms with E-state index in [1.165, 1.54) is 0 Å². The van der Waals surface area contributed by atoms with Crippen LogP contribution in [0.15, 0.2) is 24.3 Å². The Balaban J connectivity index is 2.51. The Hall–Kier alpha value is -1.38. The van der Waals surface area contributed by atoms with Gasteiger partial charge in [-0.3, -0.25) is 4.79 Å². The number of carbonyl (C=O) groups is 1. The summed E-state index contributed by atoms with van der Waals surface area (Å²) in [5.41, 5.74) is 0.546. The summed E-state index contributed by atoms with van der Waals surface area (Å²) in [5.74, 6) is 0.556. The van der Waals surface area contributed by atoms with Gasteiger partial charge in [-0.2, -0.15) is 0 Å². The minimum absolute atomic E-state index is 0.0215. The van der Waals surface area contributed by atoms with Crippen molar-refractivity contribution in [3.63, 3.8) is 0 Å². The SMILES string of the molecule is CCCCC(F)CC(=O)c1ccc(OC)cc1. The molecule has 0 N–H and O–H groups in total. The molecule has 0 fully saturated rings. The third kappa shape index (κ3) is 4.55. The van der Waals surface area contributed by atoms with E-state index in [0.717, 1.165) is 12.8 Å². The van der Waals surface area contributed by atoms with Crippen LogP contribution in [0.1, 0.15) is 43.0 Å². The van der Waals surface area contributed by atoms with E-state index in [0.29, 0.717) is 17.7 Å². The van der Waals surface area contributed by atoms with Crippen LogP contribution in [0.4, 0.5) is 4.39 Å². The largest absolute Gasteiger partial charge is 0.497 e. The lowest BCUT2D eigenvalue weighted by Crippen LogP contribution is -2.09. The van der Waals surface area contributed by atoms with Gasteiger partial charge in [0.25, 0.3) is 0 Å². The number of Topliss-reactive ketones (excluding diaryl/α,β-unsaturated/α-hetero) is 1. The van der Waals surface area contributed by atoms with Crippen molar-refractivity contribution in [1.82, 2.24) is 0 Å². The molecule has 0 aromatic heterocycles. The molecule has 1 unspecified atom stereocenters. The molecule has 0 saturated carbocycles. The molecule has 0 radical (unpaired) electrons. The summed E-state index contributed by atoms with van der Waals surface area (Å²) in [7, 11) is 1.57. The number of methoxy groups -OCH3 is 1. The van der Waals surface area contributed by atoms with Crippen LogP contribution in [0.2, 0.25) is 0 Å². The van der Waals surface area contributed by atoms with Gasteiger partial charge in [0.15, 0.2) is 5.78 Å². The van der Waals surface area contributed by atoms with Crippen molar-refractivity contribution in [2.24, 2.45) is 0 Å². The smallest absolute Gasteiger partial charge is 0.165 e. The van der Waals surface area contributed by atoms with E-state index in [9.17, 15) is 9.18 Å². The van der Waals surface area contributed by atoms with Crippen LogP contribution in [0.3, 0.4) is 0 Å². The summed E-state index contributed by atoms with van der Waals surface area (Å²) in [6.45, 7) is 2.01. The third-order valence-electron chi connectivity index (χ3n) is 2.69. The first-order valence-corrected chi connectivity index (χ1v) is 5.98. The summed E-state index contributed by atoms with van der Waals surface area (Å²) in [6, 6.07) is 6.78. The summed E-state index contributed by atoms with van der Waals surface area (Å²) in [6.07, 6.45) is 1.21. The topological polar surface area (TPSA) is 26.3 Å². The molecule has 0 heterocycles. The molecule has 1 rings (SSSR count). The predicted octanol–water partition coefficient (Wildman–Crippen LogP) is 3.80. The molecule has 0 aliphatic carbocycles. The highest BCUT2D eigenvalue weighted by atomic mass is 19.1. The number of alkyl halides is 1. The van der Waals surface area contributed by atoms with E-state index in [1.807, 2.05) is 6.92 Å². The van der Waals surface area contributed by atoms with Gasteiger partial charge in [-0.25, -0.2) is 4.39 Å². The van der Waals surface area contributed by atoms with E-state index in [4.69, 9.17) is 4.74 Å². The van der Waals surface area contributed by atoms with Gasteiger partial charge in [0.05, 0.1) is 7.11 Å². The zero-order valence-electron chi connectivity index (χ0n) is 10.4. The van der Waals surface area contributed by atoms with Crippen LogP contribution < -0.4 is 4.74 Å². The van der Waals surface area contributed by atoms with Gasteiger partial charge in [0.1, 0.15) is 11.9 Å². The van der Waals surface area contributed by atoms with E-state index >= 15 is 0 Å². The Morgan fingerprint density at radius 2 is 2.00 bits per heavy atom. The fraction of sp³-hybridized carbons (Fsp3) is 0.500. The average Bonchev–Trinajstić information content (AvgIpc) is 2.36. The second-order valence-corrected chi connectivity index (χ2v) is 4.10. The maximum Gasteiger partial charge on any atom is 0.165 e. The monoisotopic (exact) mass is 238 g/mol. The van der Waals surface area contributed by atoms with Gasteiger partial charge in [-0.1, -0.05) is 19.8 Å². The Morgan fingerprint density at radius 3 is 2.53 bits per heavy atom. The van der Waals surface area contributed by atoms with Gasteiger partial charge in [-0.05, 0) is 30.7 Å². The maximum atomic E-state index is 13.4. The molecular formula is C14H19FO2. The molecule has 3 heteroatoms. The lowest BCUT2D eigenvalue weighted by atomic mass is 10.0. The van der Waals surface area contributed by atoms with Crippen LogP contribution in [0, 0.1) is 0 Å². The zero-order chi connectivity index (χ0) is 12.7. The lowest BCUT2D eigenvalue weighted by Gasteiger charge is -2.07. The summed E-state index contributed by atoms with van der Waals surface area (Å²) >= 11 is 0. The minimum Gasteiger partial charge on any atom is -0.497 e. The van der Waals surface area contributed by atoms with Gasteiger partial charge in [-0.15, -0.1) is 0 Å². The zero-order valence-corrected chi connectivity index (χ0v) is 10.4. The van der Waals surface area contributed by atoms with E-state index in [-0.39, 0.29) is 12.2 Å². The molecule has 17 heavy (non-hydrogen) atoms. The van der Waals surface area contributed by atoms with Gasteiger partial charge in [0.2, 0.25) is 0 Å². The fourth-order valence-corrected chi connectivity index (χ4v) is 1.62. The van der Waals surface area contributed by atoms with Crippen molar-refractivity contribution in [2.75, 3.05) is 7.11 Å². The first-order valence-electron chi connectivity index (χ1n) is 5.98. The standard InChI is InChI=1S/C14H19FO2/c1-3-4-5-12(15)10-14(16)11-6-8-13(17-2)9-7-11/h6-9,12H,3-5,10H2,1-2H3. The van der Waals surface area contributed by atoms with Gasteiger partial charge >= 0.3 is 0 Å². The van der Waals surface area contributed by atoms with Crippen LogP contribution >= 0.6 is 0 Å². The first-order chi connectivity index (χ1) is 8.17. The average molecular weight is 238 g/mol. The number of carbonyl (C=O) groups excluding carboxylic acids is 1. The third-order valence-corrected chi connectivity index (χ3v) is 2.69. The highest BCUT2D eigenvalue weighted by Gasteiger charge is 2.13. The fourth-order valence-electron chi connectivity index (χ4n) is 1.62. The van der Waals surface area contributed by atoms with Gasteiger partial charge in [0, 0.05) is 12.0 Å². The molecule has 0 bridgehead atoms. The summed E-state index contributed by atoms with van der Waals surface area (Å²) < 4.78 is 18.4. The van der Waals surface area contributed by atoms with Crippen molar-refractivity contribution >= 4 is 5.78 Å². The Labute approximate surface area is 102 Å². The van der Waals surface area contributed by atoms with Crippen LogP contribution in [0.5, 0.6) is 5.75 Å². The quantitative estimate of drug-likeness (QED) is 0.675. The Bertz CT molecular complexity index is 346. The molecule has 0 amide bonds. The molecule has 1 atom stereocenters. The molecule has 0 aliphatic rings. The minimum atomic E-state index is -1.02. The van der Waals surface area contributed by atoms with E-state index in [1.54, 1.807) is 31.4 Å². The van der Waals surface area contributed by atoms with Crippen molar-refractivity contribution in [1.29, 1.82) is 0 Å². The molecule has 1 aromatic rings. The highest BCUT2D eigenvalue weighted by molar-refractivity contribution is 5.96. The summed E-state index contributed by atoms with van der Waals surface area (Å²) in [5, 5.41) is 0. The first kappa shape index (κ1) is 13.7. The highest BCUT2D eigenvalue weighted by Crippen LogP contribution is 2.16. The number of ketones is 1. The number of benzene rings is 1. The van der Waals surface area contributed by atoms with Crippen LogP contribution in [-0.2, 0) is 0 Å². The normalized spacial score (nSPS) is 12.2. The number of ether oxygens (including phenoxy) is 1. The van der Waals surface area contributed by atoms with Crippen molar-refractivity contribution in [2.45, 2.75) is 38.8 Å². The van der Waals surface area contributed by atoms with Gasteiger partial charge < -0.3 is 4.74 Å². The number of hydrogen-bond donors (Lipinski definition) is 0. The van der Waals surface area contributed by atoms with Crippen molar-refractivity contribution < 1.29 is 13.9 Å². The lowest BCUT2D eigenvalue weighted by molar-refractivity contribution is 0.0943. The van der Waals surface area contributed by atoms with Crippen LogP contribution in [-0.4, -0.2) is 19.1 Å². The Morgan fingerprint density at radius 1 is 1.35 bits per heavy atom. The molecule has 94 valence electrons. The van der Waals surface area contributed by atoms with E-state index < -0.39 is 6.17 Å². The summed E-state index contributed by atoms with van der Waals surface area (Å²) in [4.78, 5) is 11.7. The van der Waals surface area contributed by atoms with Crippen molar-refractivity contribution in [3.8, 4) is 5.75 Å². The molecule has 0 saturated heterocycles. The number of rotatable bonds is 7. The Kier molecular flexibility index (Phi) is 5.67. The van der Waals surface area contributed by atoms with Crippen molar-refractivity contribution in [3.05, 3.63) is 29.8 Å². The maximum absolute atomic E-state index is 13.4. The second-order valence-electron chi connectivity index (χ2n) is 4.10. The molecular weight excluding hydrogens is 219 g/mol. The van der Waals surface area contributed by atoms with Crippen LogP contribution in [0.25, 0.3) is 0 Å². The number of hydrogen-bond acceptors (Lipinski definition) is 2. The molecule has 2 nitrogen and oxygen atoms in total. The predicted molar refractivity (Wildman–Crippen MR) is 66.4 cm³/mol. The van der Waals surface area contributed by atoms with E-state index in [2.05, 4.69) is 0 Å². The molecule has 0 aliphatic heterocycles. The number of halogens is 1. The molecule has 1 aromatic carbocycles.